The molecule has 0 aliphatic carbocycles. The standard InChI is InChI=1S/C15H19N5O2S/c1-2-3-4-5-6-9-11(21)12(23)15(22-9)20-8-19-10-13(16)17-7-18-14(10)20/h7-9,11-12,15,21,23H,2,5-6H2,1H3,(H2,16,17,18)/t9-,11-,12-,15-/m1/s1. The van der Waals surface area contributed by atoms with Gasteiger partial charge >= 0.3 is 0 Å². The van der Waals surface area contributed by atoms with Crippen LogP contribution in [0.4, 0.5) is 5.82 Å². The molecule has 3 N–H and O–H groups in total. The molecule has 1 aliphatic heterocycles. The van der Waals surface area contributed by atoms with Crippen molar-refractivity contribution in [2.75, 3.05) is 5.73 Å². The summed E-state index contributed by atoms with van der Waals surface area (Å²) in [5, 5.41) is 9.99. The minimum absolute atomic E-state index is 0.314. The van der Waals surface area contributed by atoms with Crippen molar-refractivity contribution in [3.05, 3.63) is 12.7 Å². The molecule has 122 valence electrons. The molecule has 0 radical (unpaired) electrons. The molecular formula is C15H19N5O2S. The van der Waals surface area contributed by atoms with Gasteiger partial charge in [0.25, 0.3) is 0 Å². The Hall–Kier alpha value is -1.82. The number of hydrogen-bond donors (Lipinski definition) is 3. The predicted molar refractivity (Wildman–Crippen MR) is 89.7 cm³/mol. The molecule has 23 heavy (non-hydrogen) atoms. The Morgan fingerprint density at radius 2 is 2.22 bits per heavy atom. The van der Waals surface area contributed by atoms with Gasteiger partial charge in [0.05, 0.1) is 23.8 Å². The number of fused-ring (bicyclic) bond motifs is 1. The fourth-order valence-corrected chi connectivity index (χ4v) is 3.09. The second-order valence-electron chi connectivity index (χ2n) is 5.38. The van der Waals surface area contributed by atoms with Gasteiger partial charge in [-0.3, -0.25) is 4.57 Å². The Labute approximate surface area is 139 Å². The molecule has 0 bridgehead atoms. The number of nitrogen functional groups attached to an aromatic ring is 1. The van der Waals surface area contributed by atoms with Gasteiger partial charge < -0.3 is 15.6 Å². The zero-order valence-electron chi connectivity index (χ0n) is 12.8. The summed E-state index contributed by atoms with van der Waals surface area (Å²) in [6.45, 7) is 2.01. The average Bonchev–Trinajstić information content (AvgIpc) is 3.09. The number of aromatic nitrogens is 4. The second-order valence-corrected chi connectivity index (χ2v) is 5.97. The zero-order chi connectivity index (χ0) is 16.4. The third kappa shape index (κ3) is 3.00. The van der Waals surface area contributed by atoms with Gasteiger partial charge in [0.2, 0.25) is 0 Å². The number of ether oxygens (including phenoxy) is 1. The number of aliphatic hydroxyl groups is 1. The lowest BCUT2D eigenvalue weighted by atomic mass is 10.1. The Morgan fingerprint density at radius 1 is 1.39 bits per heavy atom. The second kappa shape index (κ2) is 6.74. The number of rotatable bonds is 3. The first-order valence-corrected chi connectivity index (χ1v) is 8.05. The summed E-state index contributed by atoms with van der Waals surface area (Å²) >= 11 is 4.51. The van der Waals surface area contributed by atoms with Crippen molar-refractivity contribution in [3.63, 3.8) is 0 Å². The topological polar surface area (TPSA) is 99.1 Å². The van der Waals surface area contributed by atoms with Crippen molar-refractivity contribution in [2.24, 2.45) is 0 Å². The maximum atomic E-state index is 10.4. The van der Waals surface area contributed by atoms with E-state index in [1.54, 1.807) is 10.9 Å². The molecule has 2 aromatic rings. The van der Waals surface area contributed by atoms with Gasteiger partial charge in [-0.25, -0.2) is 15.0 Å². The van der Waals surface area contributed by atoms with E-state index in [4.69, 9.17) is 10.5 Å². The number of thiol groups is 1. The molecule has 1 saturated heterocycles. The number of hydrogen-bond acceptors (Lipinski definition) is 7. The molecule has 0 unspecified atom stereocenters. The highest BCUT2D eigenvalue weighted by Crippen LogP contribution is 2.36. The molecule has 4 atom stereocenters. The first kappa shape index (κ1) is 16.1. The van der Waals surface area contributed by atoms with Crippen LogP contribution in [-0.2, 0) is 4.74 Å². The highest BCUT2D eigenvalue weighted by molar-refractivity contribution is 7.81. The smallest absolute Gasteiger partial charge is 0.167 e. The van der Waals surface area contributed by atoms with Crippen LogP contribution in [0.2, 0.25) is 0 Å². The van der Waals surface area contributed by atoms with Crippen LogP contribution in [0.1, 0.15) is 32.4 Å². The highest BCUT2D eigenvalue weighted by Gasteiger charge is 2.42. The van der Waals surface area contributed by atoms with Crippen molar-refractivity contribution in [2.45, 2.75) is 49.9 Å². The molecule has 7 nitrogen and oxygen atoms in total. The lowest BCUT2D eigenvalue weighted by Crippen LogP contribution is -2.27. The van der Waals surface area contributed by atoms with Gasteiger partial charge in [-0.1, -0.05) is 6.92 Å². The van der Waals surface area contributed by atoms with E-state index in [9.17, 15) is 5.11 Å². The summed E-state index contributed by atoms with van der Waals surface area (Å²) in [6, 6.07) is 0. The van der Waals surface area contributed by atoms with Crippen LogP contribution in [-0.4, -0.2) is 42.1 Å². The maximum absolute atomic E-state index is 10.4. The van der Waals surface area contributed by atoms with Crippen LogP contribution in [0, 0.1) is 11.8 Å². The van der Waals surface area contributed by atoms with Crippen LogP contribution >= 0.6 is 12.6 Å². The van der Waals surface area contributed by atoms with Crippen LogP contribution in [0.15, 0.2) is 12.7 Å². The molecule has 0 aromatic carbocycles. The first-order valence-electron chi connectivity index (χ1n) is 7.53. The summed E-state index contributed by atoms with van der Waals surface area (Å²) in [5.41, 5.74) is 6.89. The number of aliphatic hydroxyl groups excluding tert-OH is 1. The number of nitrogens with zero attached hydrogens (tertiary/aromatic N) is 4. The Kier molecular flexibility index (Phi) is 4.71. The largest absolute Gasteiger partial charge is 0.389 e. The van der Waals surface area contributed by atoms with E-state index in [1.165, 1.54) is 6.33 Å². The summed E-state index contributed by atoms with van der Waals surface area (Å²) in [5.74, 6) is 6.39. The fraction of sp³-hybridized carbons (Fsp3) is 0.533. The van der Waals surface area contributed by atoms with Gasteiger partial charge in [0, 0.05) is 12.8 Å². The van der Waals surface area contributed by atoms with E-state index < -0.39 is 12.3 Å². The molecule has 0 amide bonds. The number of nitrogens with two attached hydrogens (primary N) is 1. The van der Waals surface area contributed by atoms with E-state index in [1.807, 2.05) is 6.92 Å². The van der Waals surface area contributed by atoms with Gasteiger partial charge in [-0.05, 0) is 6.42 Å². The Balaban J connectivity index is 1.81. The normalized spacial score (nSPS) is 27.1. The third-order valence-corrected chi connectivity index (χ3v) is 4.41. The summed E-state index contributed by atoms with van der Waals surface area (Å²) in [6.07, 6.45) is 3.69. The van der Waals surface area contributed by atoms with E-state index in [-0.39, 0.29) is 11.4 Å². The first-order chi connectivity index (χ1) is 11.1. The summed E-state index contributed by atoms with van der Waals surface area (Å²) < 4.78 is 7.73. The van der Waals surface area contributed by atoms with Gasteiger partial charge in [0.15, 0.2) is 17.7 Å². The maximum Gasteiger partial charge on any atom is 0.167 e. The number of imidazole rings is 1. The molecule has 1 aliphatic rings. The fourth-order valence-electron chi connectivity index (χ4n) is 2.68. The Morgan fingerprint density at radius 3 is 3.00 bits per heavy atom. The Bertz CT molecular complexity index is 753. The van der Waals surface area contributed by atoms with E-state index in [0.29, 0.717) is 29.8 Å². The van der Waals surface area contributed by atoms with Crippen LogP contribution in [0.25, 0.3) is 11.2 Å². The minimum Gasteiger partial charge on any atom is -0.389 e. The molecular weight excluding hydrogens is 314 g/mol. The quantitative estimate of drug-likeness (QED) is 0.576. The monoisotopic (exact) mass is 333 g/mol. The van der Waals surface area contributed by atoms with Crippen molar-refractivity contribution < 1.29 is 9.84 Å². The van der Waals surface area contributed by atoms with E-state index in [0.717, 1.165) is 6.42 Å². The van der Waals surface area contributed by atoms with Crippen molar-refractivity contribution >= 4 is 29.6 Å². The lowest BCUT2D eigenvalue weighted by Gasteiger charge is -2.16. The minimum atomic E-state index is -0.677. The molecule has 1 fully saturated rings. The van der Waals surface area contributed by atoms with Crippen molar-refractivity contribution in [1.29, 1.82) is 0 Å². The third-order valence-electron chi connectivity index (χ3n) is 3.85. The molecule has 0 spiro atoms. The van der Waals surface area contributed by atoms with E-state index in [2.05, 4.69) is 39.4 Å². The van der Waals surface area contributed by atoms with Crippen molar-refractivity contribution in [3.8, 4) is 11.8 Å². The average molecular weight is 333 g/mol. The highest BCUT2D eigenvalue weighted by atomic mass is 32.1. The van der Waals surface area contributed by atoms with Crippen LogP contribution < -0.4 is 5.73 Å². The number of anilines is 1. The van der Waals surface area contributed by atoms with E-state index >= 15 is 0 Å². The molecule has 8 heteroatoms. The van der Waals surface area contributed by atoms with Gasteiger partial charge in [0.1, 0.15) is 11.8 Å². The van der Waals surface area contributed by atoms with Crippen LogP contribution in [0.3, 0.4) is 0 Å². The van der Waals surface area contributed by atoms with Gasteiger partial charge in [-0.15, -0.1) is 11.8 Å². The van der Waals surface area contributed by atoms with Gasteiger partial charge in [-0.2, -0.15) is 12.6 Å². The molecule has 3 heterocycles. The molecule has 2 aromatic heterocycles. The summed E-state index contributed by atoms with van der Waals surface area (Å²) in [4.78, 5) is 12.4. The lowest BCUT2D eigenvalue weighted by molar-refractivity contribution is -0.0197. The summed E-state index contributed by atoms with van der Waals surface area (Å²) in [7, 11) is 0. The zero-order valence-corrected chi connectivity index (χ0v) is 13.6. The van der Waals surface area contributed by atoms with Crippen molar-refractivity contribution in [1.82, 2.24) is 19.5 Å². The SMILES string of the molecule is CCC#CCC[C@H]1O[C@@H](n2cnc3c(N)ncnc32)[C@H](S)[C@@H]1O. The molecule has 0 saturated carbocycles. The molecule has 3 rings (SSSR count). The van der Waals surface area contributed by atoms with Crippen LogP contribution in [0.5, 0.6) is 0 Å². The predicted octanol–water partition coefficient (Wildman–Crippen LogP) is 1.16.